The highest BCUT2D eigenvalue weighted by atomic mass is 79.9. The largest absolute Gasteiger partial charge is 0.458 e. The molecule has 0 spiro atoms. The van der Waals surface area contributed by atoms with Gasteiger partial charge in [-0.1, -0.05) is 6.92 Å². The molecule has 1 unspecified atom stereocenters. The highest BCUT2D eigenvalue weighted by Gasteiger charge is 2.36. The third-order valence-corrected chi connectivity index (χ3v) is 3.77. The van der Waals surface area contributed by atoms with Gasteiger partial charge in [-0.05, 0) is 40.4 Å². The Balaban J connectivity index is 0.00000144. The van der Waals surface area contributed by atoms with Crippen LogP contribution in [0.4, 0.5) is 0 Å². The van der Waals surface area contributed by atoms with Gasteiger partial charge in [-0.15, -0.1) is 12.4 Å². The van der Waals surface area contributed by atoms with Crippen LogP contribution in [-0.4, -0.2) is 30.4 Å². The van der Waals surface area contributed by atoms with Crippen molar-refractivity contribution >= 4 is 34.2 Å². The number of carbonyl (C=O) groups is 1. The first-order valence-electron chi connectivity index (χ1n) is 5.28. The summed E-state index contributed by atoms with van der Waals surface area (Å²) < 4.78 is 5.88. The van der Waals surface area contributed by atoms with Gasteiger partial charge in [0.05, 0.1) is 10.7 Å². The van der Waals surface area contributed by atoms with Gasteiger partial charge in [-0.3, -0.25) is 4.79 Å². The average Bonchev–Trinajstić information content (AvgIpc) is 2.85. The number of halogens is 2. The van der Waals surface area contributed by atoms with Crippen LogP contribution in [0.15, 0.2) is 21.2 Å². The average molecular weight is 324 g/mol. The van der Waals surface area contributed by atoms with E-state index in [4.69, 9.17) is 10.2 Å². The summed E-state index contributed by atoms with van der Waals surface area (Å²) in [4.78, 5) is 13.9. The molecule has 1 fully saturated rings. The number of nitrogens with two attached hydrogens (primary N) is 1. The standard InChI is InChI=1S/C11H15BrN2O2.ClH/c1-11(6-13)3-4-14(7-11)10(15)9-8(12)2-5-16-9;/h2,5H,3-4,6-7,13H2,1H3;1H. The van der Waals surface area contributed by atoms with Crippen LogP contribution >= 0.6 is 28.3 Å². The molecule has 1 aliphatic rings. The van der Waals surface area contributed by atoms with Gasteiger partial charge in [0.25, 0.3) is 5.91 Å². The lowest BCUT2D eigenvalue weighted by Gasteiger charge is -2.22. The maximum atomic E-state index is 12.1. The minimum atomic E-state index is -0.0611. The van der Waals surface area contributed by atoms with Gasteiger partial charge in [0.2, 0.25) is 5.76 Å². The van der Waals surface area contributed by atoms with Gasteiger partial charge in [0.1, 0.15) is 0 Å². The summed E-state index contributed by atoms with van der Waals surface area (Å²) in [7, 11) is 0. The summed E-state index contributed by atoms with van der Waals surface area (Å²) >= 11 is 3.29. The van der Waals surface area contributed by atoms with Crippen molar-refractivity contribution in [3.05, 3.63) is 22.6 Å². The van der Waals surface area contributed by atoms with Crippen molar-refractivity contribution in [1.29, 1.82) is 0 Å². The molecular weight excluding hydrogens is 307 g/mol. The van der Waals surface area contributed by atoms with Crippen molar-refractivity contribution in [3.63, 3.8) is 0 Å². The Morgan fingerprint density at radius 2 is 2.41 bits per heavy atom. The lowest BCUT2D eigenvalue weighted by atomic mass is 9.90. The van der Waals surface area contributed by atoms with Crippen LogP contribution in [0.1, 0.15) is 23.9 Å². The molecule has 96 valence electrons. The van der Waals surface area contributed by atoms with Crippen molar-refractivity contribution < 1.29 is 9.21 Å². The van der Waals surface area contributed by atoms with Crippen molar-refractivity contribution in [1.82, 2.24) is 4.90 Å². The molecule has 2 heterocycles. The van der Waals surface area contributed by atoms with E-state index in [0.717, 1.165) is 13.0 Å². The minimum Gasteiger partial charge on any atom is -0.458 e. The highest BCUT2D eigenvalue weighted by molar-refractivity contribution is 9.10. The lowest BCUT2D eigenvalue weighted by molar-refractivity contribution is 0.0744. The maximum Gasteiger partial charge on any atom is 0.290 e. The van der Waals surface area contributed by atoms with Crippen molar-refractivity contribution in [2.45, 2.75) is 13.3 Å². The fourth-order valence-corrected chi connectivity index (χ4v) is 2.32. The van der Waals surface area contributed by atoms with Gasteiger partial charge in [-0.2, -0.15) is 0 Å². The Morgan fingerprint density at radius 3 is 2.88 bits per heavy atom. The third kappa shape index (κ3) is 2.84. The van der Waals surface area contributed by atoms with E-state index in [9.17, 15) is 4.79 Å². The summed E-state index contributed by atoms with van der Waals surface area (Å²) in [6.45, 7) is 4.17. The molecule has 0 aliphatic carbocycles. The molecule has 1 aromatic heterocycles. The maximum absolute atomic E-state index is 12.1. The minimum absolute atomic E-state index is 0. The molecule has 0 saturated carbocycles. The summed E-state index contributed by atoms with van der Waals surface area (Å²) in [6.07, 6.45) is 2.46. The van der Waals surface area contributed by atoms with E-state index in [1.54, 1.807) is 11.0 Å². The SMILES string of the molecule is CC1(CN)CCN(C(=O)c2occc2Br)C1.Cl. The highest BCUT2D eigenvalue weighted by Crippen LogP contribution is 2.30. The first-order chi connectivity index (χ1) is 7.56. The Labute approximate surface area is 115 Å². The molecule has 1 amide bonds. The molecule has 2 N–H and O–H groups in total. The first kappa shape index (κ1) is 14.5. The van der Waals surface area contributed by atoms with E-state index in [1.807, 2.05) is 0 Å². The molecule has 2 rings (SSSR count). The van der Waals surface area contributed by atoms with E-state index < -0.39 is 0 Å². The van der Waals surface area contributed by atoms with Crippen LogP contribution in [0.2, 0.25) is 0 Å². The normalized spacial score (nSPS) is 23.6. The zero-order valence-electron chi connectivity index (χ0n) is 9.61. The van der Waals surface area contributed by atoms with E-state index in [-0.39, 0.29) is 23.7 Å². The Hall–Kier alpha value is -0.520. The zero-order valence-corrected chi connectivity index (χ0v) is 12.0. The molecule has 6 heteroatoms. The predicted octanol–water partition coefficient (Wildman–Crippen LogP) is 2.27. The van der Waals surface area contributed by atoms with Crippen LogP contribution in [-0.2, 0) is 0 Å². The Morgan fingerprint density at radius 1 is 1.71 bits per heavy atom. The fourth-order valence-electron chi connectivity index (χ4n) is 1.95. The lowest BCUT2D eigenvalue weighted by Crippen LogP contribution is -2.34. The zero-order chi connectivity index (χ0) is 11.8. The topological polar surface area (TPSA) is 59.5 Å². The third-order valence-electron chi connectivity index (χ3n) is 3.15. The Bertz CT molecular complexity index is 410. The first-order valence-corrected chi connectivity index (χ1v) is 6.07. The molecule has 0 bridgehead atoms. The van der Waals surface area contributed by atoms with Crippen LogP contribution < -0.4 is 5.73 Å². The van der Waals surface area contributed by atoms with Gasteiger partial charge >= 0.3 is 0 Å². The molecule has 0 radical (unpaired) electrons. The van der Waals surface area contributed by atoms with E-state index in [1.165, 1.54) is 6.26 Å². The smallest absolute Gasteiger partial charge is 0.290 e. The summed E-state index contributed by atoms with van der Waals surface area (Å²) in [5.41, 5.74) is 5.76. The summed E-state index contributed by atoms with van der Waals surface area (Å²) in [6, 6.07) is 1.73. The number of carbonyl (C=O) groups excluding carboxylic acids is 1. The Kier molecular flexibility index (Phi) is 4.63. The number of furan rings is 1. The molecular formula is C11H16BrClN2O2. The molecule has 4 nitrogen and oxygen atoms in total. The molecule has 1 saturated heterocycles. The van der Waals surface area contributed by atoms with Crippen molar-refractivity contribution in [3.8, 4) is 0 Å². The number of hydrogen-bond donors (Lipinski definition) is 1. The summed E-state index contributed by atoms with van der Waals surface area (Å²) in [5.74, 6) is 0.315. The van der Waals surface area contributed by atoms with Crippen molar-refractivity contribution in [2.75, 3.05) is 19.6 Å². The van der Waals surface area contributed by atoms with E-state index in [0.29, 0.717) is 23.3 Å². The van der Waals surface area contributed by atoms with Crippen LogP contribution in [0.5, 0.6) is 0 Å². The molecule has 0 aromatic carbocycles. The summed E-state index contributed by atoms with van der Waals surface area (Å²) in [5, 5.41) is 0. The van der Waals surface area contributed by atoms with Gasteiger partial charge in [-0.25, -0.2) is 0 Å². The second kappa shape index (κ2) is 5.42. The van der Waals surface area contributed by atoms with Crippen molar-refractivity contribution in [2.24, 2.45) is 11.1 Å². The van der Waals surface area contributed by atoms with Gasteiger partial charge < -0.3 is 15.1 Å². The van der Waals surface area contributed by atoms with Crippen LogP contribution in [0.3, 0.4) is 0 Å². The van der Waals surface area contributed by atoms with E-state index in [2.05, 4.69) is 22.9 Å². The van der Waals surface area contributed by atoms with E-state index >= 15 is 0 Å². The number of likely N-dealkylation sites (tertiary alicyclic amines) is 1. The monoisotopic (exact) mass is 322 g/mol. The molecule has 17 heavy (non-hydrogen) atoms. The fraction of sp³-hybridized carbons (Fsp3) is 0.545. The number of hydrogen-bond acceptors (Lipinski definition) is 3. The number of amides is 1. The quantitative estimate of drug-likeness (QED) is 0.908. The number of nitrogens with zero attached hydrogens (tertiary/aromatic N) is 1. The number of rotatable bonds is 2. The van der Waals surface area contributed by atoms with Crippen LogP contribution in [0.25, 0.3) is 0 Å². The second-order valence-electron chi connectivity index (χ2n) is 4.59. The van der Waals surface area contributed by atoms with Crippen LogP contribution in [0, 0.1) is 5.41 Å². The van der Waals surface area contributed by atoms with Gasteiger partial charge in [0, 0.05) is 13.1 Å². The second-order valence-corrected chi connectivity index (χ2v) is 5.44. The predicted molar refractivity (Wildman–Crippen MR) is 71.3 cm³/mol. The molecule has 1 aliphatic heterocycles. The van der Waals surface area contributed by atoms with Gasteiger partial charge in [0.15, 0.2) is 0 Å². The molecule has 1 aromatic rings. The molecule has 1 atom stereocenters.